The molecule has 1 atom stereocenters. The van der Waals surface area contributed by atoms with Crippen LogP contribution in [0.4, 0.5) is 20.2 Å². The normalized spacial score (nSPS) is 12.4. The number of hydrogen-bond acceptors (Lipinski definition) is 2. The van der Waals surface area contributed by atoms with Gasteiger partial charge in [0.25, 0.3) is 6.43 Å². The predicted octanol–water partition coefficient (Wildman–Crippen LogP) is 5.03. The van der Waals surface area contributed by atoms with Crippen LogP contribution in [0.5, 0.6) is 0 Å². The van der Waals surface area contributed by atoms with Crippen LogP contribution in [0.2, 0.25) is 5.02 Å². The molecule has 0 aliphatic heterocycles. The summed E-state index contributed by atoms with van der Waals surface area (Å²) in [6.07, 6.45) is -2.58. The van der Waals surface area contributed by atoms with E-state index < -0.39 is 6.43 Å². The number of alkyl halides is 2. The molecule has 0 saturated carbocycles. The zero-order valence-corrected chi connectivity index (χ0v) is 11.7. The van der Waals surface area contributed by atoms with Crippen molar-refractivity contribution in [3.05, 3.63) is 58.6 Å². The third kappa shape index (κ3) is 3.39. The van der Waals surface area contributed by atoms with E-state index in [0.29, 0.717) is 16.4 Å². The molecule has 3 N–H and O–H groups in total. The first-order chi connectivity index (χ1) is 9.47. The van der Waals surface area contributed by atoms with Gasteiger partial charge in [-0.2, -0.15) is 0 Å². The van der Waals surface area contributed by atoms with Crippen molar-refractivity contribution in [2.45, 2.75) is 19.4 Å². The van der Waals surface area contributed by atoms with Gasteiger partial charge in [-0.15, -0.1) is 0 Å². The molecule has 5 heteroatoms. The van der Waals surface area contributed by atoms with Crippen molar-refractivity contribution in [3.63, 3.8) is 0 Å². The second-order valence-corrected chi connectivity index (χ2v) is 5.00. The summed E-state index contributed by atoms with van der Waals surface area (Å²) in [7, 11) is 0. The molecule has 0 radical (unpaired) electrons. The molecule has 0 aromatic heterocycles. The van der Waals surface area contributed by atoms with Crippen LogP contribution in [0.3, 0.4) is 0 Å². The largest absolute Gasteiger partial charge is 0.399 e. The van der Waals surface area contributed by atoms with Gasteiger partial charge in [0.05, 0.1) is 0 Å². The highest BCUT2D eigenvalue weighted by Crippen LogP contribution is 2.31. The molecule has 106 valence electrons. The van der Waals surface area contributed by atoms with Crippen molar-refractivity contribution in [1.82, 2.24) is 0 Å². The van der Waals surface area contributed by atoms with Crippen LogP contribution >= 0.6 is 11.6 Å². The zero-order chi connectivity index (χ0) is 14.7. The molecule has 0 aliphatic carbocycles. The molecule has 0 fully saturated rings. The SMILES string of the molecule is CC(Nc1ccc(N)cc1C(F)F)c1cccc(Cl)c1. The minimum Gasteiger partial charge on any atom is -0.399 e. The molecule has 2 nitrogen and oxygen atoms in total. The van der Waals surface area contributed by atoms with Gasteiger partial charge >= 0.3 is 0 Å². The third-order valence-electron chi connectivity index (χ3n) is 3.03. The van der Waals surface area contributed by atoms with Gasteiger partial charge < -0.3 is 11.1 Å². The summed E-state index contributed by atoms with van der Waals surface area (Å²) in [4.78, 5) is 0. The molecule has 0 amide bonds. The van der Waals surface area contributed by atoms with E-state index in [1.165, 1.54) is 6.07 Å². The molecule has 2 rings (SSSR count). The van der Waals surface area contributed by atoms with Crippen molar-refractivity contribution in [2.75, 3.05) is 11.1 Å². The highest BCUT2D eigenvalue weighted by atomic mass is 35.5. The van der Waals surface area contributed by atoms with Crippen molar-refractivity contribution >= 4 is 23.0 Å². The van der Waals surface area contributed by atoms with E-state index >= 15 is 0 Å². The monoisotopic (exact) mass is 296 g/mol. The smallest absolute Gasteiger partial charge is 0.265 e. The third-order valence-corrected chi connectivity index (χ3v) is 3.27. The average molecular weight is 297 g/mol. The van der Waals surface area contributed by atoms with Crippen LogP contribution in [-0.2, 0) is 0 Å². The van der Waals surface area contributed by atoms with Gasteiger partial charge in [-0.05, 0) is 42.8 Å². The second-order valence-electron chi connectivity index (χ2n) is 4.57. The molecular formula is C15H15ClF2N2. The van der Waals surface area contributed by atoms with Gasteiger partial charge in [0.1, 0.15) is 0 Å². The lowest BCUT2D eigenvalue weighted by Crippen LogP contribution is -2.09. The number of nitrogens with one attached hydrogen (secondary N) is 1. The summed E-state index contributed by atoms with van der Waals surface area (Å²) in [5.74, 6) is 0. The van der Waals surface area contributed by atoms with Gasteiger partial charge in [0, 0.05) is 28.0 Å². The fourth-order valence-corrected chi connectivity index (χ4v) is 2.18. The fraction of sp³-hybridized carbons (Fsp3) is 0.200. The van der Waals surface area contributed by atoms with E-state index in [1.54, 1.807) is 24.3 Å². The number of hydrogen-bond donors (Lipinski definition) is 2. The lowest BCUT2D eigenvalue weighted by atomic mass is 10.1. The Hall–Kier alpha value is -1.81. The summed E-state index contributed by atoms with van der Waals surface area (Å²) >= 11 is 5.93. The minimum atomic E-state index is -2.58. The number of rotatable bonds is 4. The highest BCUT2D eigenvalue weighted by Gasteiger charge is 2.15. The minimum absolute atomic E-state index is 0.0983. The number of nitrogen functional groups attached to an aromatic ring is 1. The lowest BCUT2D eigenvalue weighted by molar-refractivity contribution is 0.152. The molecule has 2 aromatic carbocycles. The first-order valence-corrected chi connectivity index (χ1v) is 6.54. The maximum atomic E-state index is 13.0. The van der Waals surface area contributed by atoms with Crippen molar-refractivity contribution < 1.29 is 8.78 Å². The van der Waals surface area contributed by atoms with E-state index in [-0.39, 0.29) is 11.6 Å². The van der Waals surface area contributed by atoms with E-state index in [2.05, 4.69) is 5.32 Å². The average Bonchev–Trinajstić information content (AvgIpc) is 2.40. The Morgan fingerprint density at radius 3 is 2.55 bits per heavy atom. The molecule has 0 saturated heterocycles. The summed E-state index contributed by atoms with van der Waals surface area (Å²) in [5, 5.41) is 3.68. The summed E-state index contributed by atoms with van der Waals surface area (Å²) in [5.41, 5.74) is 7.07. The molecule has 0 aliphatic rings. The Kier molecular flexibility index (Phi) is 4.45. The Morgan fingerprint density at radius 2 is 1.90 bits per heavy atom. The predicted molar refractivity (Wildman–Crippen MR) is 79.3 cm³/mol. The molecule has 20 heavy (non-hydrogen) atoms. The first-order valence-electron chi connectivity index (χ1n) is 6.17. The number of nitrogens with two attached hydrogens (primary N) is 1. The van der Waals surface area contributed by atoms with Crippen LogP contribution < -0.4 is 11.1 Å². The molecular weight excluding hydrogens is 282 g/mol. The van der Waals surface area contributed by atoms with Gasteiger partial charge in [0.15, 0.2) is 0 Å². The standard InChI is InChI=1S/C15H15ClF2N2/c1-9(10-3-2-4-11(16)7-10)20-14-6-5-12(19)8-13(14)15(17)18/h2-9,15,20H,19H2,1H3. The van der Waals surface area contributed by atoms with E-state index in [9.17, 15) is 8.78 Å². The van der Waals surface area contributed by atoms with E-state index in [0.717, 1.165) is 5.56 Å². The molecule has 2 aromatic rings. The van der Waals surface area contributed by atoms with Crippen molar-refractivity contribution in [2.24, 2.45) is 0 Å². The van der Waals surface area contributed by atoms with Crippen LogP contribution in [0, 0.1) is 0 Å². The second kappa shape index (κ2) is 6.09. The lowest BCUT2D eigenvalue weighted by Gasteiger charge is -2.19. The zero-order valence-electron chi connectivity index (χ0n) is 10.9. The molecule has 0 spiro atoms. The number of halogens is 3. The van der Waals surface area contributed by atoms with Crippen LogP contribution in [0.1, 0.15) is 30.5 Å². The van der Waals surface area contributed by atoms with Crippen molar-refractivity contribution in [3.8, 4) is 0 Å². The number of anilines is 2. The Bertz CT molecular complexity index is 602. The van der Waals surface area contributed by atoms with Crippen LogP contribution in [0.15, 0.2) is 42.5 Å². The first kappa shape index (κ1) is 14.6. The quantitative estimate of drug-likeness (QED) is 0.776. The van der Waals surface area contributed by atoms with Gasteiger partial charge in [0.2, 0.25) is 0 Å². The topological polar surface area (TPSA) is 38.0 Å². The summed E-state index contributed by atoms with van der Waals surface area (Å²) in [6, 6.07) is 11.6. The Balaban J connectivity index is 2.25. The van der Waals surface area contributed by atoms with Crippen LogP contribution in [0.25, 0.3) is 0 Å². The Morgan fingerprint density at radius 1 is 1.15 bits per heavy atom. The summed E-state index contributed by atoms with van der Waals surface area (Å²) < 4.78 is 26.0. The maximum Gasteiger partial charge on any atom is 0.265 e. The molecule has 0 heterocycles. The number of benzene rings is 2. The molecule has 1 unspecified atom stereocenters. The fourth-order valence-electron chi connectivity index (χ4n) is 1.99. The highest BCUT2D eigenvalue weighted by molar-refractivity contribution is 6.30. The maximum absolute atomic E-state index is 13.0. The van der Waals surface area contributed by atoms with E-state index in [1.807, 2.05) is 19.1 Å². The van der Waals surface area contributed by atoms with Crippen molar-refractivity contribution in [1.29, 1.82) is 0 Å². The van der Waals surface area contributed by atoms with Gasteiger partial charge in [-0.3, -0.25) is 0 Å². The van der Waals surface area contributed by atoms with Gasteiger partial charge in [-0.1, -0.05) is 23.7 Å². The van der Waals surface area contributed by atoms with Crippen LogP contribution in [-0.4, -0.2) is 0 Å². The summed E-state index contributed by atoms with van der Waals surface area (Å²) in [6.45, 7) is 1.89. The van der Waals surface area contributed by atoms with Gasteiger partial charge in [-0.25, -0.2) is 8.78 Å². The molecule has 0 bridgehead atoms. The Labute approximate surface area is 121 Å². The van der Waals surface area contributed by atoms with E-state index in [4.69, 9.17) is 17.3 Å².